The fraction of sp³-hybridized carbons (Fsp3) is 0.500. The molecule has 108 valence electrons. The molecule has 0 unspecified atom stereocenters. The molecule has 1 saturated carbocycles. The van der Waals surface area contributed by atoms with Gasteiger partial charge in [0.15, 0.2) is 0 Å². The molecule has 0 bridgehead atoms. The van der Waals surface area contributed by atoms with Crippen molar-refractivity contribution in [2.24, 2.45) is 5.73 Å². The lowest BCUT2D eigenvalue weighted by atomic mass is 10.1. The molecular weight excluding hydrogens is 268 g/mol. The summed E-state index contributed by atoms with van der Waals surface area (Å²) < 4.78 is 0. The second kappa shape index (κ2) is 7.39. The molecule has 0 radical (unpaired) electrons. The third-order valence-electron chi connectivity index (χ3n) is 3.76. The first-order valence-corrected chi connectivity index (χ1v) is 7.74. The molecule has 2 rings (SSSR count). The summed E-state index contributed by atoms with van der Waals surface area (Å²) in [6.45, 7) is 0. The number of benzene rings is 1. The summed E-state index contributed by atoms with van der Waals surface area (Å²) in [5, 5.41) is 3.15. The van der Waals surface area contributed by atoms with Crippen LogP contribution < -0.4 is 11.1 Å². The number of carbonyl (C=O) groups is 1. The maximum atomic E-state index is 12.3. The number of nitrogens with one attached hydrogen (secondary N) is 1. The van der Waals surface area contributed by atoms with Gasteiger partial charge in [0, 0.05) is 18.0 Å². The third kappa shape index (κ3) is 4.60. The average molecular weight is 290 g/mol. The quantitative estimate of drug-likeness (QED) is 0.662. The summed E-state index contributed by atoms with van der Waals surface area (Å²) in [5.74, 6) is 0.0155. The van der Waals surface area contributed by atoms with Crippen molar-refractivity contribution < 1.29 is 4.79 Å². The number of amides is 1. The molecule has 1 aromatic rings. The van der Waals surface area contributed by atoms with Gasteiger partial charge in [0.2, 0.25) is 0 Å². The van der Waals surface area contributed by atoms with Gasteiger partial charge in [-0.25, -0.2) is 0 Å². The van der Waals surface area contributed by atoms with Crippen LogP contribution in [0.2, 0.25) is 0 Å². The Morgan fingerprint density at radius 3 is 2.60 bits per heavy atom. The highest BCUT2D eigenvalue weighted by Crippen LogP contribution is 2.17. The number of hydrogen-bond donors (Lipinski definition) is 2. The Kier molecular flexibility index (Phi) is 5.53. The molecule has 1 aromatic carbocycles. The van der Waals surface area contributed by atoms with Crippen molar-refractivity contribution in [3.63, 3.8) is 0 Å². The highest BCUT2D eigenvalue weighted by molar-refractivity contribution is 7.80. The molecule has 1 aliphatic rings. The summed E-state index contributed by atoms with van der Waals surface area (Å²) in [5.41, 5.74) is 7.24. The lowest BCUT2D eigenvalue weighted by Gasteiger charge is -2.16. The maximum absolute atomic E-state index is 12.3. The Morgan fingerprint density at radius 1 is 1.25 bits per heavy atom. The van der Waals surface area contributed by atoms with Gasteiger partial charge in [-0.3, -0.25) is 4.79 Å². The van der Waals surface area contributed by atoms with E-state index in [9.17, 15) is 4.79 Å². The lowest BCUT2D eigenvalue weighted by Crippen LogP contribution is -2.34. The van der Waals surface area contributed by atoms with Gasteiger partial charge in [-0.05, 0) is 30.5 Å². The zero-order valence-corrected chi connectivity index (χ0v) is 12.5. The Hall–Kier alpha value is -1.42. The van der Waals surface area contributed by atoms with Crippen molar-refractivity contribution in [1.82, 2.24) is 5.32 Å². The average Bonchev–Trinajstić information content (AvgIpc) is 2.67. The van der Waals surface area contributed by atoms with Gasteiger partial charge < -0.3 is 11.1 Å². The van der Waals surface area contributed by atoms with E-state index in [0.29, 0.717) is 23.0 Å². The first kappa shape index (κ1) is 15.0. The van der Waals surface area contributed by atoms with Crippen LogP contribution in [0.25, 0.3) is 0 Å². The van der Waals surface area contributed by atoms with Crippen LogP contribution in [-0.2, 0) is 6.42 Å². The molecular formula is C16H22N2OS. The minimum atomic E-state index is 0.0155. The van der Waals surface area contributed by atoms with Crippen LogP contribution >= 0.6 is 12.2 Å². The monoisotopic (exact) mass is 290 g/mol. The van der Waals surface area contributed by atoms with Crippen LogP contribution in [0.5, 0.6) is 0 Å². The topological polar surface area (TPSA) is 55.1 Å². The standard InChI is InChI=1S/C16H22N2OS/c17-15(20)11-12-6-5-7-13(10-12)16(19)18-14-8-3-1-2-4-9-14/h5-7,10,14H,1-4,8-9,11H2,(H2,17,20)(H,18,19). The smallest absolute Gasteiger partial charge is 0.251 e. The van der Waals surface area contributed by atoms with Crippen molar-refractivity contribution in [3.8, 4) is 0 Å². The zero-order chi connectivity index (χ0) is 14.4. The molecule has 4 heteroatoms. The Morgan fingerprint density at radius 2 is 1.95 bits per heavy atom. The van der Waals surface area contributed by atoms with Crippen LogP contribution in [-0.4, -0.2) is 16.9 Å². The fourth-order valence-corrected chi connectivity index (χ4v) is 2.88. The van der Waals surface area contributed by atoms with Gasteiger partial charge in [0.25, 0.3) is 5.91 Å². The van der Waals surface area contributed by atoms with Crippen molar-refractivity contribution in [2.45, 2.75) is 51.0 Å². The Bertz CT molecular complexity index is 479. The van der Waals surface area contributed by atoms with Crippen LogP contribution in [0.3, 0.4) is 0 Å². The van der Waals surface area contributed by atoms with E-state index >= 15 is 0 Å². The minimum absolute atomic E-state index is 0.0155. The highest BCUT2D eigenvalue weighted by atomic mass is 32.1. The molecule has 0 spiro atoms. The second-order valence-corrected chi connectivity index (χ2v) is 6.03. The molecule has 0 heterocycles. The molecule has 1 amide bonds. The summed E-state index contributed by atoms with van der Waals surface area (Å²) in [6, 6.07) is 7.88. The Balaban J connectivity index is 1.99. The van der Waals surface area contributed by atoms with Crippen LogP contribution in [0, 0.1) is 0 Å². The number of hydrogen-bond acceptors (Lipinski definition) is 2. The predicted molar refractivity (Wildman–Crippen MR) is 85.9 cm³/mol. The van der Waals surface area contributed by atoms with E-state index in [1.54, 1.807) is 0 Å². The Labute approximate surface area is 125 Å². The lowest BCUT2D eigenvalue weighted by molar-refractivity contribution is 0.0933. The fourth-order valence-electron chi connectivity index (χ4n) is 2.72. The van der Waals surface area contributed by atoms with Gasteiger partial charge in [-0.1, -0.05) is 50.0 Å². The van der Waals surface area contributed by atoms with Crippen LogP contribution in [0.15, 0.2) is 24.3 Å². The molecule has 0 aliphatic heterocycles. The summed E-state index contributed by atoms with van der Waals surface area (Å²) in [7, 11) is 0. The van der Waals surface area contributed by atoms with Gasteiger partial charge in [0.1, 0.15) is 0 Å². The van der Waals surface area contributed by atoms with Crippen LogP contribution in [0.4, 0.5) is 0 Å². The van der Waals surface area contributed by atoms with E-state index in [2.05, 4.69) is 5.32 Å². The molecule has 20 heavy (non-hydrogen) atoms. The van der Waals surface area contributed by atoms with Crippen molar-refractivity contribution in [1.29, 1.82) is 0 Å². The number of carbonyl (C=O) groups excluding carboxylic acids is 1. The van der Waals surface area contributed by atoms with E-state index in [1.165, 1.54) is 25.7 Å². The molecule has 0 atom stereocenters. The SMILES string of the molecule is NC(=S)Cc1cccc(C(=O)NC2CCCCCC2)c1. The zero-order valence-electron chi connectivity index (χ0n) is 11.7. The van der Waals surface area contributed by atoms with Crippen molar-refractivity contribution in [2.75, 3.05) is 0 Å². The van der Waals surface area contributed by atoms with Gasteiger partial charge in [-0.15, -0.1) is 0 Å². The maximum Gasteiger partial charge on any atom is 0.251 e. The third-order valence-corrected chi connectivity index (χ3v) is 3.90. The largest absolute Gasteiger partial charge is 0.393 e. The number of thiocarbonyl (C=S) groups is 1. The highest BCUT2D eigenvalue weighted by Gasteiger charge is 2.15. The van der Waals surface area contributed by atoms with Gasteiger partial charge in [0.05, 0.1) is 4.99 Å². The van der Waals surface area contributed by atoms with E-state index in [0.717, 1.165) is 18.4 Å². The minimum Gasteiger partial charge on any atom is -0.393 e. The summed E-state index contributed by atoms with van der Waals surface area (Å²) in [4.78, 5) is 12.7. The van der Waals surface area contributed by atoms with Crippen molar-refractivity contribution in [3.05, 3.63) is 35.4 Å². The van der Waals surface area contributed by atoms with E-state index in [1.807, 2.05) is 24.3 Å². The molecule has 1 fully saturated rings. The first-order valence-electron chi connectivity index (χ1n) is 7.33. The predicted octanol–water partition coefficient (Wildman–Crippen LogP) is 2.97. The normalized spacial score (nSPS) is 16.4. The second-order valence-electron chi connectivity index (χ2n) is 5.51. The first-order chi connectivity index (χ1) is 9.65. The van der Waals surface area contributed by atoms with E-state index < -0.39 is 0 Å². The van der Waals surface area contributed by atoms with Gasteiger partial charge in [-0.2, -0.15) is 0 Å². The van der Waals surface area contributed by atoms with Gasteiger partial charge >= 0.3 is 0 Å². The molecule has 0 aromatic heterocycles. The molecule has 3 N–H and O–H groups in total. The molecule has 1 aliphatic carbocycles. The summed E-state index contributed by atoms with van der Waals surface area (Å²) in [6.07, 6.45) is 7.74. The van der Waals surface area contributed by atoms with E-state index in [-0.39, 0.29) is 5.91 Å². The number of rotatable bonds is 4. The van der Waals surface area contributed by atoms with Crippen molar-refractivity contribution >= 4 is 23.1 Å². The molecule has 0 saturated heterocycles. The number of nitrogens with two attached hydrogens (primary N) is 1. The van der Waals surface area contributed by atoms with E-state index in [4.69, 9.17) is 18.0 Å². The van der Waals surface area contributed by atoms with Crippen LogP contribution in [0.1, 0.15) is 54.4 Å². The molecule has 3 nitrogen and oxygen atoms in total. The summed E-state index contributed by atoms with van der Waals surface area (Å²) >= 11 is 4.91.